The fraction of sp³-hybridized carbons (Fsp3) is 0.538. The Bertz CT molecular complexity index is 461. The Labute approximate surface area is 117 Å². The molecule has 1 fully saturated rings. The van der Waals surface area contributed by atoms with Gasteiger partial charge in [-0.2, -0.15) is 0 Å². The molecule has 0 atom stereocenters. The van der Waals surface area contributed by atoms with Crippen LogP contribution in [-0.4, -0.2) is 56.3 Å². The lowest BCUT2D eigenvalue weighted by Crippen LogP contribution is -2.38. The van der Waals surface area contributed by atoms with Gasteiger partial charge in [-0.15, -0.1) is 0 Å². The first kappa shape index (κ1) is 14.5. The van der Waals surface area contributed by atoms with Crippen LogP contribution in [-0.2, 0) is 4.74 Å². The number of benzene rings is 1. The zero-order valence-electron chi connectivity index (χ0n) is 11.5. The summed E-state index contributed by atoms with van der Waals surface area (Å²) >= 11 is 0. The van der Waals surface area contributed by atoms with Gasteiger partial charge in [0.25, 0.3) is 0 Å². The van der Waals surface area contributed by atoms with Crippen molar-refractivity contribution in [2.24, 2.45) is 0 Å². The molecule has 0 unspecified atom stereocenters. The van der Waals surface area contributed by atoms with Crippen LogP contribution in [0.3, 0.4) is 0 Å². The van der Waals surface area contributed by atoms with Gasteiger partial charge in [0, 0.05) is 44.0 Å². The largest absolute Gasteiger partial charge is 0.490 e. The molecule has 0 radical (unpaired) electrons. The van der Waals surface area contributed by atoms with Crippen LogP contribution < -0.4 is 10.1 Å². The second kappa shape index (κ2) is 7.06. The smallest absolute Gasteiger partial charge is 0.311 e. The number of morpholine rings is 1. The van der Waals surface area contributed by atoms with Crippen molar-refractivity contribution in [1.82, 2.24) is 4.90 Å². The molecule has 1 aliphatic rings. The van der Waals surface area contributed by atoms with E-state index in [0.717, 1.165) is 45.1 Å². The van der Waals surface area contributed by atoms with E-state index >= 15 is 0 Å². The second-order valence-corrected chi connectivity index (χ2v) is 4.52. The van der Waals surface area contributed by atoms with E-state index in [1.807, 2.05) is 0 Å². The number of rotatable bonds is 6. The number of nitro groups is 1. The van der Waals surface area contributed by atoms with E-state index in [1.165, 1.54) is 13.2 Å². The lowest BCUT2D eigenvalue weighted by Gasteiger charge is -2.26. The summed E-state index contributed by atoms with van der Waals surface area (Å²) in [6.07, 6.45) is 0. The predicted octanol–water partition coefficient (Wildman–Crippen LogP) is 1.35. The summed E-state index contributed by atoms with van der Waals surface area (Å²) in [5.74, 6) is 0.270. The van der Waals surface area contributed by atoms with Gasteiger partial charge >= 0.3 is 5.69 Å². The number of ether oxygens (including phenoxy) is 2. The average molecular weight is 281 g/mol. The molecule has 0 aliphatic carbocycles. The maximum Gasteiger partial charge on any atom is 0.311 e. The number of methoxy groups -OCH3 is 1. The van der Waals surface area contributed by atoms with Crippen LogP contribution in [0, 0.1) is 10.1 Å². The highest BCUT2D eigenvalue weighted by Crippen LogP contribution is 2.29. The van der Waals surface area contributed by atoms with E-state index in [-0.39, 0.29) is 11.4 Å². The number of nitrogens with one attached hydrogen (secondary N) is 1. The van der Waals surface area contributed by atoms with Gasteiger partial charge in [0.05, 0.1) is 25.2 Å². The van der Waals surface area contributed by atoms with Crippen molar-refractivity contribution in [2.45, 2.75) is 0 Å². The summed E-state index contributed by atoms with van der Waals surface area (Å²) in [7, 11) is 1.43. The van der Waals surface area contributed by atoms with Crippen molar-refractivity contribution in [1.29, 1.82) is 0 Å². The third-order valence-corrected chi connectivity index (χ3v) is 3.24. The van der Waals surface area contributed by atoms with Gasteiger partial charge in [-0.3, -0.25) is 15.0 Å². The summed E-state index contributed by atoms with van der Waals surface area (Å²) < 4.78 is 10.3. The Morgan fingerprint density at radius 3 is 2.85 bits per heavy atom. The first-order valence-electron chi connectivity index (χ1n) is 6.57. The van der Waals surface area contributed by atoms with Gasteiger partial charge in [0.2, 0.25) is 0 Å². The van der Waals surface area contributed by atoms with Gasteiger partial charge in [-0.25, -0.2) is 0 Å². The van der Waals surface area contributed by atoms with Crippen molar-refractivity contribution in [2.75, 3.05) is 51.8 Å². The van der Waals surface area contributed by atoms with E-state index in [4.69, 9.17) is 9.47 Å². The van der Waals surface area contributed by atoms with Crippen molar-refractivity contribution < 1.29 is 14.4 Å². The molecule has 0 amide bonds. The Morgan fingerprint density at radius 1 is 1.45 bits per heavy atom. The van der Waals surface area contributed by atoms with E-state index in [2.05, 4.69) is 10.2 Å². The molecule has 20 heavy (non-hydrogen) atoms. The van der Waals surface area contributed by atoms with Crippen molar-refractivity contribution in [3.05, 3.63) is 28.3 Å². The van der Waals surface area contributed by atoms with Crippen molar-refractivity contribution >= 4 is 11.4 Å². The maximum absolute atomic E-state index is 10.8. The third-order valence-electron chi connectivity index (χ3n) is 3.24. The monoisotopic (exact) mass is 281 g/mol. The predicted molar refractivity (Wildman–Crippen MR) is 75.4 cm³/mol. The van der Waals surface area contributed by atoms with Crippen molar-refractivity contribution in [3.8, 4) is 5.75 Å². The van der Waals surface area contributed by atoms with Crippen LogP contribution in [0.25, 0.3) is 0 Å². The lowest BCUT2D eigenvalue weighted by molar-refractivity contribution is -0.385. The molecule has 0 aromatic heterocycles. The molecule has 110 valence electrons. The zero-order chi connectivity index (χ0) is 14.4. The van der Waals surface area contributed by atoms with E-state index in [1.54, 1.807) is 12.1 Å². The number of anilines is 1. The van der Waals surface area contributed by atoms with Crippen LogP contribution in [0.2, 0.25) is 0 Å². The first-order chi connectivity index (χ1) is 9.70. The SMILES string of the molecule is COc1cc(NCCN2CCOCC2)ccc1[N+](=O)[O-]. The van der Waals surface area contributed by atoms with Gasteiger partial charge in [-0.1, -0.05) is 0 Å². The molecule has 7 heteroatoms. The minimum atomic E-state index is -0.448. The maximum atomic E-state index is 10.8. The highest BCUT2D eigenvalue weighted by atomic mass is 16.6. The van der Waals surface area contributed by atoms with Crippen LogP contribution in [0.5, 0.6) is 5.75 Å². The minimum Gasteiger partial charge on any atom is -0.490 e. The molecule has 0 bridgehead atoms. The number of hydrogen-bond donors (Lipinski definition) is 1. The van der Waals surface area contributed by atoms with Gasteiger partial charge < -0.3 is 14.8 Å². The molecule has 0 saturated carbocycles. The number of hydrogen-bond acceptors (Lipinski definition) is 6. The quantitative estimate of drug-likeness (QED) is 0.626. The molecule has 0 spiro atoms. The van der Waals surface area contributed by atoms with E-state index < -0.39 is 4.92 Å². The molecule has 1 aromatic carbocycles. The van der Waals surface area contributed by atoms with Gasteiger partial charge in [0.15, 0.2) is 5.75 Å². The highest BCUT2D eigenvalue weighted by molar-refractivity contribution is 5.57. The molecule has 1 aliphatic heterocycles. The Balaban J connectivity index is 1.87. The van der Waals surface area contributed by atoms with Crippen LogP contribution in [0.15, 0.2) is 18.2 Å². The molecule has 1 aromatic rings. The first-order valence-corrected chi connectivity index (χ1v) is 6.57. The normalized spacial score (nSPS) is 15.8. The Kier molecular flexibility index (Phi) is 5.14. The Morgan fingerprint density at radius 2 is 2.20 bits per heavy atom. The fourth-order valence-corrected chi connectivity index (χ4v) is 2.12. The summed E-state index contributed by atoms with van der Waals surface area (Å²) in [6, 6.07) is 4.80. The zero-order valence-corrected chi connectivity index (χ0v) is 11.5. The molecule has 1 saturated heterocycles. The average Bonchev–Trinajstić information content (AvgIpc) is 2.48. The molecule has 1 heterocycles. The molecule has 2 rings (SSSR count). The number of nitro benzene ring substituents is 1. The molecule has 7 nitrogen and oxygen atoms in total. The van der Waals surface area contributed by atoms with E-state index in [9.17, 15) is 10.1 Å². The number of nitrogens with zero attached hydrogens (tertiary/aromatic N) is 2. The van der Waals surface area contributed by atoms with Crippen LogP contribution >= 0.6 is 0 Å². The summed E-state index contributed by atoms with van der Waals surface area (Å²) in [5, 5.41) is 14.0. The van der Waals surface area contributed by atoms with Crippen LogP contribution in [0.1, 0.15) is 0 Å². The lowest BCUT2D eigenvalue weighted by atomic mass is 10.2. The molecule has 1 N–H and O–H groups in total. The standard InChI is InChI=1S/C13H19N3O4/c1-19-13-10-11(2-3-12(13)16(17)18)14-4-5-15-6-8-20-9-7-15/h2-3,10,14H,4-9H2,1H3. The fourth-order valence-electron chi connectivity index (χ4n) is 2.12. The third kappa shape index (κ3) is 3.82. The molecular weight excluding hydrogens is 262 g/mol. The topological polar surface area (TPSA) is 76.9 Å². The minimum absolute atomic E-state index is 0.0220. The summed E-state index contributed by atoms with van der Waals surface area (Å²) in [4.78, 5) is 12.7. The highest BCUT2D eigenvalue weighted by Gasteiger charge is 2.15. The molecular formula is C13H19N3O4. The van der Waals surface area contributed by atoms with E-state index in [0.29, 0.717) is 0 Å². The van der Waals surface area contributed by atoms with Gasteiger partial charge in [-0.05, 0) is 6.07 Å². The van der Waals surface area contributed by atoms with Gasteiger partial charge in [0.1, 0.15) is 0 Å². The van der Waals surface area contributed by atoms with Crippen molar-refractivity contribution in [3.63, 3.8) is 0 Å². The summed E-state index contributed by atoms with van der Waals surface area (Å²) in [6.45, 7) is 5.16. The van der Waals surface area contributed by atoms with Crippen LogP contribution in [0.4, 0.5) is 11.4 Å². The second-order valence-electron chi connectivity index (χ2n) is 4.52. The Hall–Kier alpha value is -1.86. The summed E-state index contributed by atoms with van der Waals surface area (Å²) in [5.41, 5.74) is 0.798.